The van der Waals surface area contributed by atoms with Crippen molar-refractivity contribution in [3.8, 4) is 0 Å². The molecule has 1 atom stereocenters. The molecule has 118 valence electrons. The lowest BCUT2D eigenvalue weighted by atomic mass is 10.1. The molecule has 1 aromatic carbocycles. The molecule has 1 unspecified atom stereocenters. The summed E-state index contributed by atoms with van der Waals surface area (Å²) in [7, 11) is -3.58. The SMILES string of the molecule is Cc1cc(C)c(S(=O)(=O)NCC2COCCO2)cc1CN. The van der Waals surface area contributed by atoms with Gasteiger partial charge in [-0.3, -0.25) is 0 Å². The molecule has 1 saturated heterocycles. The molecular weight excluding hydrogens is 292 g/mol. The van der Waals surface area contributed by atoms with Gasteiger partial charge in [0.25, 0.3) is 0 Å². The van der Waals surface area contributed by atoms with Crippen LogP contribution in [-0.4, -0.2) is 40.9 Å². The summed E-state index contributed by atoms with van der Waals surface area (Å²) in [4.78, 5) is 0.269. The first-order chi connectivity index (χ1) is 9.94. The van der Waals surface area contributed by atoms with Crippen molar-refractivity contribution in [1.29, 1.82) is 0 Å². The van der Waals surface area contributed by atoms with E-state index in [0.717, 1.165) is 11.1 Å². The van der Waals surface area contributed by atoms with Gasteiger partial charge < -0.3 is 15.2 Å². The van der Waals surface area contributed by atoms with Gasteiger partial charge in [-0.15, -0.1) is 0 Å². The number of hydrogen-bond acceptors (Lipinski definition) is 5. The van der Waals surface area contributed by atoms with Crippen molar-refractivity contribution >= 4 is 10.0 Å². The molecule has 0 spiro atoms. The lowest BCUT2D eigenvalue weighted by Gasteiger charge is -2.23. The van der Waals surface area contributed by atoms with Gasteiger partial charge in [0.1, 0.15) is 0 Å². The molecule has 1 aliphatic rings. The standard InChI is InChI=1S/C14H22N2O4S/c1-10-5-11(2)14(6-12(10)7-15)21(17,18)16-8-13-9-19-3-4-20-13/h5-6,13,16H,3-4,7-9,15H2,1-2H3. The van der Waals surface area contributed by atoms with Crippen LogP contribution in [0.25, 0.3) is 0 Å². The fourth-order valence-electron chi connectivity index (χ4n) is 2.32. The average molecular weight is 314 g/mol. The maximum atomic E-state index is 12.4. The predicted octanol–water partition coefficient (Wildman–Crippen LogP) is 0.456. The minimum Gasteiger partial charge on any atom is -0.376 e. The van der Waals surface area contributed by atoms with Crippen LogP contribution < -0.4 is 10.5 Å². The fraction of sp³-hybridized carbons (Fsp3) is 0.571. The van der Waals surface area contributed by atoms with Gasteiger partial charge in [0, 0.05) is 13.1 Å². The molecule has 1 heterocycles. The Balaban J connectivity index is 2.15. The van der Waals surface area contributed by atoms with Gasteiger partial charge in [-0.05, 0) is 36.6 Å². The van der Waals surface area contributed by atoms with Crippen LogP contribution >= 0.6 is 0 Å². The quantitative estimate of drug-likeness (QED) is 0.824. The van der Waals surface area contributed by atoms with Crippen molar-refractivity contribution in [3.63, 3.8) is 0 Å². The summed E-state index contributed by atoms with van der Waals surface area (Å²) in [6, 6.07) is 3.49. The number of benzene rings is 1. The van der Waals surface area contributed by atoms with Crippen LogP contribution in [0.3, 0.4) is 0 Å². The Bertz CT molecular complexity index is 595. The Morgan fingerprint density at radius 2 is 2.05 bits per heavy atom. The van der Waals surface area contributed by atoms with Crippen molar-refractivity contribution in [1.82, 2.24) is 4.72 Å². The molecule has 7 heteroatoms. The van der Waals surface area contributed by atoms with Gasteiger partial charge in [-0.25, -0.2) is 13.1 Å². The zero-order valence-electron chi connectivity index (χ0n) is 12.4. The molecule has 0 saturated carbocycles. The molecular formula is C14H22N2O4S. The molecule has 21 heavy (non-hydrogen) atoms. The van der Waals surface area contributed by atoms with Gasteiger partial charge in [-0.2, -0.15) is 0 Å². The molecule has 0 amide bonds. The molecule has 6 nitrogen and oxygen atoms in total. The first-order valence-corrected chi connectivity index (χ1v) is 8.41. The van der Waals surface area contributed by atoms with E-state index in [2.05, 4.69) is 4.72 Å². The number of aryl methyl sites for hydroxylation is 2. The minimum atomic E-state index is -3.58. The predicted molar refractivity (Wildman–Crippen MR) is 79.6 cm³/mol. The zero-order chi connectivity index (χ0) is 15.5. The molecule has 0 bridgehead atoms. The van der Waals surface area contributed by atoms with Crippen LogP contribution in [0.4, 0.5) is 0 Å². The topological polar surface area (TPSA) is 90.7 Å². The van der Waals surface area contributed by atoms with E-state index in [1.165, 1.54) is 0 Å². The Morgan fingerprint density at radius 3 is 2.67 bits per heavy atom. The highest BCUT2D eigenvalue weighted by molar-refractivity contribution is 7.89. The number of sulfonamides is 1. The summed E-state index contributed by atoms with van der Waals surface area (Å²) in [5.74, 6) is 0. The third-order valence-corrected chi connectivity index (χ3v) is 5.09. The van der Waals surface area contributed by atoms with E-state index < -0.39 is 10.0 Å². The van der Waals surface area contributed by atoms with Gasteiger partial charge in [0.15, 0.2) is 0 Å². The van der Waals surface area contributed by atoms with Crippen molar-refractivity contribution in [2.24, 2.45) is 5.73 Å². The van der Waals surface area contributed by atoms with E-state index in [1.807, 2.05) is 13.0 Å². The number of rotatable bonds is 5. The lowest BCUT2D eigenvalue weighted by molar-refractivity contribution is -0.0846. The lowest BCUT2D eigenvalue weighted by Crippen LogP contribution is -2.39. The smallest absolute Gasteiger partial charge is 0.240 e. The molecule has 0 aromatic heterocycles. The monoisotopic (exact) mass is 314 g/mol. The second kappa shape index (κ2) is 6.85. The molecule has 2 rings (SSSR count). The third-order valence-electron chi connectivity index (χ3n) is 3.53. The normalized spacial score (nSPS) is 19.7. The van der Waals surface area contributed by atoms with Crippen molar-refractivity contribution in [2.45, 2.75) is 31.4 Å². The molecule has 1 aromatic rings. The van der Waals surface area contributed by atoms with Crippen molar-refractivity contribution < 1.29 is 17.9 Å². The highest BCUT2D eigenvalue weighted by atomic mass is 32.2. The highest BCUT2D eigenvalue weighted by Crippen LogP contribution is 2.20. The third kappa shape index (κ3) is 4.02. The van der Waals surface area contributed by atoms with Crippen LogP contribution in [0, 0.1) is 13.8 Å². The van der Waals surface area contributed by atoms with Crippen LogP contribution in [0.15, 0.2) is 17.0 Å². The summed E-state index contributed by atoms with van der Waals surface area (Å²) >= 11 is 0. The van der Waals surface area contributed by atoms with Gasteiger partial charge in [0.2, 0.25) is 10.0 Å². The van der Waals surface area contributed by atoms with Crippen LogP contribution in [0.1, 0.15) is 16.7 Å². The summed E-state index contributed by atoms with van der Waals surface area (Å²) in [6.07, 6.45) is -0.242. The first-order valence-electron chi connectivity index (χ1n) is 6.93. The van der Waals surface area contributed by atoms with E-state index in [4.69, 9.17) is 15.2 Å². The summed E-state index contributed by atoms with van der Waals surface area (Å²) in [5, 5.41) is 0. The number of nitrogens with one attached hydrogen (secondary N) is 1. The van der Waals surface area contributed by atoms with Gasteiger partial charge in [0.05, 0.1) is 30.8 Å². The zero-order valence-corrected chi connectivity index (χ0v) is 13.2. The highest BCUT2D eigenvalue weighted by Gasteiger charge is 2.21. The second-order valence-electron chi connectivity index (χ2n) is 5.17. The van der Waals surface area contributed by atoms with Crippen LogP contribution in [0.5, 0.6) is 0 Å². The van der Waals surface area contributed by atoms with Crippen LogP contribution in [-0.2, 0) is 26.0 Å². The summed E-state index contributed by atoms with van der Waals surface area (Å²) in [6.45, 7) is 5.67. The van der Waals surface area contributed by atoms with E-state index in [1.54, 1.807) is 13.0 Å². The van der Waals surface area contributed by atoms with Crippen LogP contribution in [0.2, 0.25) is 0 Å². The summed E-state index contributed by atoms with van der Waals surface area (Å²) in [5.41, 5.74) is 8.19. The van der Waals surface area contributed by atoms with Crippen molar-refractivity contribution in [2.75, 3.05) is 26.4 Å². The Labute approximate surface area is 125 Å². The van der Waals surface area contributed by atoms with E-state index in [-0.39, 0.29) is 17.5 Å². The molecule has 3 N–H and O–H groups in total. The molecule has 1 fully saturated rings. The van der Waals surface area contributed by atoms with E-state index in [0.29, 0.717) is 31.9 Å². The second-order valence-corrected chi connectivity index (χ2v) is 6.90. The largest absolute Gasteiger partial charge is 0.376 e. The maximum Gasteiger partial charge on any atom is 0.240 e. The Hall–Kier alpha value is -0.990. The number of hydrogen-bond donors (Lipinski definition) is 2. The van der Waals surface area contributed by atoms with Gasteiger partial charge in [-0.1, -0.05) is 6.07 Å². The van der Waals surface area contributed by atoms with E-state index >= 15 is 0 Å². The maximum absolute atomic E-state index is 12.4. The number of ether oxygens (including phenoxy) is 2. The average Bonchev–Trinajstić information content (AvgIpc) is 2.46. The summed E-state index contributed by atoms with van der Waals surface area (Å²) < 4.78 is 38.1. The minimum absolute atomic E-state index is 0.202. The van der Waals surface area contributed by atoms with E-state index in [9.17, 15) is 8.42 Å². The first kappa shape index (κ1) is 16.4. The Kier molecular flexibility index (Phi) is 5.34. The molecule has 0 radical (unpaired) electrons. The van der Waals surface area contributed by atoms with Crippen molar-refractivity contribution in [3.05, 3.63) is 28.8 Å². The fourth-order valence-corrected chi connectivity index (χ4v) is 3.66. The number of nitrogens with two attached hydrogens (primary N) is 1. The van der Waals surface area contributed by atoms with Gasteiger partial charge >= 0.3 is 0 Å². The Morgan fingerprint density at radius 1 is 1.29 bits per heavy atom. The molecule has 0 aliphatic carbocycles. The molecule has 1 aliphatic heterocycles.